The number of halogens is 1. The molecule has 1 aromatic rings. The molecule has 27 heavy (non-hydrogen) atoms. The van der Waals surface area contributed by atoms with Crippen LogP contribution in [0.3, 0.4) is 0 Å². The van der Waals surface area contributed by atoms with Gasteiger partial charge in [0, 0.05) is 25.3 Å². The predicted octanol–water partition coefficient (Wildman–Crippen LogP) is 1.64. The third-order valence-electron chi connectivity index (χ3n) is 5.55. The van der Waals surface area contributed by atoms with E-state index in [1.54, 1.807) is 4.90 Å². The second kappa shape index (κ2) is 9.37. The second-order valence-corrected chi connectivity index (χ2v) is 9.75. The van der Waals surface area contributed by atoms with Crippen molar-refractivity contribution in [2.75, 3.05) is 39.0 Å². The summed E-state index contributed by atoms with van der Waals surface area (Å²) in [6, 6.07) is 9.99. The lowest BCUT2D eigenvalue weighted by Crippen LogP contribution is -2.57. The molecule has 0 aromatic heterocycles. The van der Waals surface area contributed by atoms with E-state index in [0.717, 1.165) is 12.0 Å². The van der Waals surface area contributed by atoms with Gasteiger partial charge >= 0.3 is 0 Å². The van der Waals surface area contributed by atoms with Gasteiger partial charge in [-0.2, -0.15) is 0 Å². The number of likely N-dealkylation sites (tertiary alicyclic amines) is 1. The van der Waals surface area contributed by atoms with Crippen molar-refractivity contribution in [2.45, 2.75) is 30.6 Å². The molecule has 0 radical (unpaired) electrons. The van der Waals surface area contributed by atoms with E-state index in [1.807, 2.05) is 30.3 Å². The zero-order valence-corrected chi connectivity index (χ0v) is 17.4. The maximum absolute atomic E-state index is 13.1. The Morgan fingerprint density at radius 3 is 2.56 bits per heavy atom. The van der Waals surface area contributed by atoms with Gasteiger partial charge in [0.25, 0.3) is 0 Å². The van der Waals surface area contributed by atoms with Crippen LogP contribution >= 0.6 is 12.4 Å². The van der Waals surface area contributed by atoms with Crippen LogP contribution in [0.4, 0.5) is 0 Å². The summed E-state index contributed by atoms with van der Waals surface area (Å²) >= 11 is 0. The Hall–Kier alpha value is -1.15. The number of ether oxygens (including phenoxy) is 1. The van der Waals surface area contributed by atoms with Gasteiger partial charge in [-0.1, -0.05) is 30.3 Å². The van der Waals surface area contributed by atoms with Crippen molar-refractivity contribution in [3.05, 3.63) is 35.9 Å². The summed E-state index contributed by atoms with van der Waals surface area (Å²) in [6.45, 7) is 3.48. The van der Waals surface area contributed by atoms with Crippen LogP contribution in [0, 0.1) is 5.92 Å². The lowest BCUT2D eigenvalue weighted by atomic mass is 9.95. The van der Waals surface area contributed by atoms with Gasteiger partial charge in [-0.05, 0) is 37.9 Å². The molecule has 3 rings (SSSR count). The number of carbonyl (C=O) groups excluding carboxylic acids is 1. The molecular weight excluding hydrogens is 388 g/mol. The van der Waals surface area contributed by atoms with Gasteiger partial charge in [0.1, 0.15) is 0 Å². The average molecular weight is 417 g/mol. The number of benzene rings is 1. The topological polar surface area (TPSA) is 75.7 Å². The van der Waals surface area contributed by atoms with E-state index in [4.69, 9.17) is 4.74 Å². The molecule has 1 N–H and O–H groups in total. The minimum Gasteiger partial charge on any atom is -0.376 e. The van der Waals surface area contributed by atoms with E-state index in [1.165, 1.54) is 6.26 Å². The molecule has 152 valence electrons. The molecule has 1 atom stereocenters. The Bertz CT molecular complexity index is 720. The van der Waals surface area contributed by atoms with Crippen molar-refractivity contribution in [1.82, 2.24) is 10.2 Å². The van der Waals surface area contributed by atoms with Crippen LogP contribution in [-0.2, 0) is 26.0 Å². The normalized spacial score (nSPS) is 22.3. The van der Waals surface area contributed by atoms with Gasteiger partial charge in [-0.25, -0.2) is 8.42 Å². The first-order chi connectivity index (χ1) is 12.4. The Kier molecular flexibility index (Phi) is 7.68. The van der Waals surface area contributed by atoms with E-state index in [9.17, 15) is 13.2 Å². The van der Waals surface area contributed by atoms with Crippen LogP contribution in [0.25, 0.3) is 0 Å². The summed E-state index contributed by atoms with van der Waals surface area (Å²) in [5, 5.41) is 3.15. The summed E-state index contributed by atoms with van der Waals surface area (Å²) in [5.74, 6) is 0.0491. The Morgan fingerprint density at radius 2 is 1.93 bits per heavy atom. The van der Waals surface area contributed by atoms with E-state index >= 15 is 0 Å². The highest BCUT2D eigenvalue weighted by Crippen LogP contribution is 2.32. The number of nitrogens with one attached hydrogen (secondary N) is 1. The summed E-state index contributed by atoms with van der Waals surface area (Å²) in [6.07, 6.45) is 2.78. The van der Waals surface area contributed by atoms with Crippen molar-refractivity contribution < 1.29 is 17.9 Å². The SMILES string of the molecule is CS(=O)(=O)C1(C(=O)N2CCC(COCc3ccccc3)C2)CCNCC1.Cl. The van der Waals surface area contributed by atoms with Gasteiger partial charge in [-0.3, -0.25) is 4.79 Å². The van der Waals surface area contributed by atoms with E-state index < -0.39 is 14.6 Å². The van der Waals surface area contributed by atoms with Crippen molar-refractivity contribution in [3.8, 4) is 0 Å². The number of piperidine rings is 1. The number of amides is 1. The fourth-order valence-corrected chi connectivity index (χ4v) is 5.32. The van der Waals surface area contributed by atoms with Gasteiger partial charge in [-0.15, -0.1) is 12.4 Å². The number of hydrogen-bond acceptors (Lipinski definition) is 5. The molecule has 1 unspecified atom stereocenters. The lowest BCUT2D eigenvalue weighted by Gasteiger charge is -2.37. The minimum atomic E-state index is -3.46. The molecule has 0 aliphatic carbocycles. The average Bonchev–Trinajstić information content (AvgIpc) is 3.10. The van der Waals surface area contributed by atoms with Crippen molar-refractivity contribution >= 4 is 28.2 Å². The maximum Gasteiger partial charge on any atom is 0.244 e. The molecule has 2 aliphatic rings. The highest BCUT2D eigenvalue weighted by molar-refractivity contribution is 7.92. The van der Waals surface area contributed by atoms with Gasteiger partial charge in [0.15, 0.2) is 14.6 Å². The van der Waals surface area contributed by atoms with Crippen molar-refractivity contribution in [1.29, 1.82) is 0 Å². The first-order valence-corrected chi connectivity index (χ1v) is 11.1. The molecule has 0 bridgehead atoms. The summed E-state index contributed by atoms with van der Waals surface area (Å²) in [5.41, 5.74) is 1.13. The van der Waals surface area contributed by atoms with Crippen LogP contribution in [0.2, 0.25) is 0 Å². The molecule has 2 saturated heterocycles. The van der Waals surface area contributed by atoms with Crippen LogP contribution in [0.5, 0.6) is 0 Å². The summed E-state index contributed by atoms with van der Waals surface area (Å²) in [7, 11) is -3.46. The quantitative estimate of drug-likeness (QED) is 0.762. The van der Waals surface area contributed by atoms with Crippen LogP contribution in [-0.4, -0.2) is 63.0 Å². The van der Waals surface area contributed by atoms with E-state index in [0.29, 0.717) is 52.2 Å². The lowest BCUT2D eigenvalue weighted by molar-refractivity contribution is -0.133. The third-order valence-corrected chi connectivity index (χ3v) is 7.55. The fraction of sp³-hybridized carbons (Fsp3) is 0.632. The zero-order valence-electron chi connectivity index (χ0n) is 15.7. The monoisotopic (exact) mass is 416 g/mol. The predicted molar refractivity (Wildman–Crippen MR) is 108 cm³/mol. The third kappa shape index (κ3) is 5.02. The Balaban J connectivity index is 0.00000261. The van der Waals surface area contributed by atoms with Crippen molar-refractivity contribution in [3.63, 3.8) is 0 Å². The molecule has 1 amide bonds. The first-order valence-electron chi connectivity index (χ1n) is 9.24. The number of rotatable bonds is 6. The smallest absolute Gasteiger partial charge is 0.244 e. The largest absolute Gasteiger partial charge is 0.376 e. The molecular formula is C19H29ClN2O4S. The highest BCUT2D eigenvalue weighted by Gasteiger charge is 2.51. The van der Waals surface area contributed by atoms with Gasteiger partial charge in [0.2, 0.25) is 5.91 Å². The highest BCUT2D eigenvalue weighted by atomic mass is 35.5. The molecule has 0 spiro atoms. The number of carbonyl (C=O) groups is 1. The standard InChI is InChI=1S/C19H28N2O4S.ClH/c1-26(23,24)19(8-10-20-11-9-19)18(22)21-12-7-17(13-21)15-25-14-16-5-3-2-4-6-16;/h2-6,17,20H,7-15H2,1H3;1H. The fourth-order valence-electron chi connectivity index (χ4n) is 3.93. The molecule has 2 fully saturated rings. The maximum atomic E-state index is 13.1. The summed E-state index contributed by atoms with van der Waals surface area (Å²) < 4.78 is 29.4. The van der Waals surface area contributed by atoms with Crippen molar-refractivity contribution in [2.24, 2.45) is 5.92 Å². The van der Waals surface area contributed by atoms with E-state index in [-0.39, 0.29) is 24.2 Å². The number of nitrogens with zero attached hydrogens (tertiary/aromatic N) is 1. The van der Waals surface area contributed by atoms with Crippen LogP contribution in [0.1, 0.15) is 24.8 Å². The number of hydrogen-bond donors (Lipinski definition) is 1. The Labute approximate surface area is 168 Å². The second-order valence-electron chi connectivity index (χ2n) is 7.42. The zero-order chi connectivity index (χ0) is 18.6. The van der Waals surface area contributed by atoms with Gasteiger partial charge in [0.05, 0.1) is 13.2 Å². The first kappa shape index (κ1) is 22.1. The number of sulfone groups is 1. The molecule has 0 saturated carbocycles. The molecule has 1 aromatic carbocycles. The Morgan fingerprint density at radius 1 is 1.26 bits per heavy atom. The van der Waals surface area contributed by atoms with Gasteiger partial charge < -0.3 is 15.0 Å². The summed E-state index contributed by atoms with van der Waals surface area (Å²) in [4.78, 5) is 14.8. The van der Waals surface area contributed by atoms with E-state index in [2.05, 4.69) is 5.32 Å². The van der Waals surface area contributed by atoms with Crippen LogP contribution < -0.4 is 5.32 Å². The molecule has 8 heteroatoms. The minimum absolute atomic E-state index is 0. The molecule has 6 nitrogen and oxygen atoms in total. The van der Waals surface area contributed by atoms with Crippen LogP contribution in [0.15, 0.2) is 30.3 Å². The molecule has 2 aliphatic heterocycles. The molecule has 2 heterocycles.